The largest absolute Gasteiger partial charge is 0.353 e. The highest BCUT2D eigenvalue weighted by Crippen LogP contribution is 2.30. The smallest absolute Gasteiger partial charge is 0.222 e. The number of piperidine rings is 1. The van der Waals surface area contributed by atoms with E-state index < -0.39 is 0 Å². The summed E-state index contributed by atoms with van der Waals surface area (Å²) in [5.41, 5.74) is 4.44. The second-order valence-electron chi connectivity index (χ2n) is 7.74. The number of para-hydroxylation sites is 1. The molecule has 4 heteroatoms. The van der Waals surface area contributed by atoms with Gasteiger partial charge in [-0.2, -0.15) is 0 Å². The molecule has 1 saturated heterocycles. The molecule has 4 rings (SSSR count). The number of hydrogen-bond acceptors (Lipinski definition) is 2. The second kappa shape index (κ2) is 8.59. The minimum absolute atomic E-state index is 0.325. The van der Waals surface area contributed by atoms with Crippen molar-refractivity contribution in [1.29, 1.82) is 0 Å². The van der Waals surface area contributed by atoms with Crippen molar-refractivity contribution in [1.82, 2.24) is 14.9 Å². The zero-order valence-electron chi connectivity index (χ0n) is 16.7. The number of rotatable bonds is 6. The summed E-state index contributed by atoms with van der Waals surface area (Å²) in [6, 6.07) is 14.8. The van der Waals surface area contributed by atoms with Gasteiger partial charge in [0.05, 0.1) is 11.4 Å². The molecule has 1 unspecified atom stereocenters. The third kappa shape index (κ3) is 3.82. The Bertz CT molecular complexity index is 931. The molecule has 1 atom stereocenters. The quantitative estimate of drug-likeness (QED) is 0.632. The van der Waals surface area contributed by atoms with Crippen LogP contribution in [0.15, 0.2) is 48.7 Å². The highest BCUT2D eigenvalue weighted by Gasteiger charge is 2.25. The number of carbonyl (C=O) groups excluding carboxylic acids is 1. The summed E-state index contributed by atoms with van der Waals surface area (Å²) < 4.78 is 0. The molecule has 0 aliphatic carbocycles. The van der Waals surface area contributed by atoms with Gasteiger partial charge in [-0.3, -0.25) is 9.78 Å². The first-order valence-corrected chi connectivity index (χ1v) is 10.6. The Morgan fingerprint density at radius 2 is 2.04 bits per heavy atom. The summed E-state index contributed by atoms with van der Waals surface area (Å²) in [5, 5.41) is 1.24. The Morgan fingerprint density at radius 1 is 1.18 bits per heavy atom. The van der Waals surface area contributed by atoms with Gasteiger partial charge in [-0.25, -0.2) is 0 Å². The lowest BCUT2D eigenvalue weighted by molar-refractivity contribution is -0.135. The van der Waals surface area contributed by atoms with Gasteiger partial charge in [-0.05, 0) is 62.3 Å². The van der Waals surface area contributed by atoms with Gasteiger partial charge < -0.3 is 9.88 Å². The summed E-state index contributed by atoms with van der Waals surface area (Å²) in [6.07, 6.45) is 8.83. The van der Waals surface area contributed by atoms with E-state index >= 15 is 0 Å². The van der Waals surface area contributed by atoms with Crippen LogP contribution in [0.25, 0.3) is 22.3 Å². The summed E-state index contributed by atoms with van der Waals surface area (Å²) in [5.74, 6) is 0.325. The van der Waals surface area contributed by atoms with Crippen LogP contribution in [0.1, 0.15) is 51.0 Å². The van der Waals surface area contributed by atoms with E-state index in [2.05, 4.69) is 46.1 Å². The molecule has 28 heavy (non-hydrogen) atoms. The minimum atomic E-state index is 0.325. The molecule has 146 valence electrons. The molecule has 0 saturated carbocycles. The first-order valence-electron chi connectivity index (χ1n) is 10.6. The van der Waals surface area contributed by atoms with Gasteiger partial charge in [0.25, 0.3) is 0 Å². The molecule has 1 amide bonds. The fourth-order valence-electron chi connectivity index (χ4n) is 4.50. The fourth-order valence-corrected chi connectivity index (χ4v) is 4.50. The Kier molecular flexibility index (Phi) is 5.75. The summed E-state index contributed by atoms with van der Waals surface area (Å²) >= 11 is 0. The van der Waals surface area contributed by atoms with E-state index in [-0.39, 0.29) is 0 Å². The molecule has 0 radical (unpaired) electrons. The fraction of sp³-hybridized carbons (Fsp3) is 0.417. The zero-order valence-corrected chi connectivity index (χ0v) is 16.7. The Balaban J connectivity index is 1.51. The highest BCUT2D eigenvalue weighted by atomic mass is 16.2. The number of carbonyl (C=O) groups is 1. The summed E-state index contributed by atoms with van der Waals surface area (Å²) in [6.45, 7) is 3.13. The summed E-state index contributed by atoms with van der Waals surface area (Å²) in [7, 11) is 0. The molecule has 1 aromatic carbocycles. The average Bonchev–Trinajstić information content (AvgIpc) is 3.13. The van der Waals surface area contributed by atoms with Crippen LogP contribution in [-0.2, 0) is 11.2 Å². The minimum Gasteiger partial charge on any atom is -0.353 e. The van der Waals surface area contributed by atoms with Gasteiger partial charge in [0.1, 0.15) is 0 Å². The van der Waals surface area contributed by atoms with Crippen LogP contribution in [0.5, 0.6) is 0 Å². The first-order chi connectivity index (χ1) is 13.8. The lowest BCUT2D eigenvalue weighted by atomic mass is 9.98. The van der Waals surface area contributed by atoms with Crippen LogP contribution in [0.4, 0.5) is 0 Å². The monoisotopic (exact) mass is 375 g/mol. The number of benzene rings is 1. The van der Waals surface area contributed by atoms with Gasteiger partial charge in [-0.1, -0.05) is 31.2 Å². The topological polar surface area (TPSA) is 49.0 Å². The third-order valence-electron chi connectivity index (χ3n) is 5.97. The predicted molar refractivity (Wildman–Crippen MR) is 114 cm³/mol. The maximum atomic E-state index is 12.8. The van der Waals surface area contributed by atoms with Gasteiger partial charge in [0.15, 0.2) is 0 Å². The van der Waals surface area contributed by atoms with Crippen LogP contribution in [0.2, 0.25) is 0 Å². The maximum absolute atomic E-state index is 12.8. The number of hydrogen-bond donors (Lipinski definition) is 1. The lowest BCUT2D eigenvalue weighted by Crippen LogP contribution is -2.43. The maximum Gasteiger partial charge on any atom is 0.222 e. The Hall–Kier alpha value is -2.62. The van der Waals surface area contributed by atoms with Gasteiger partial charge in [-0.15, -0.1) is 0 Å². The molecule has 0 bridgehead atoms. The molecular weight excluding hydrogens is 346 g/mol. The molecule has 1 aliphatic heterocycles. The number of amides is 1. The molecule has 3 aromatic rings. The van der Waals surface area contributed by atoms with E-state index in [0.29, 0.717) is 18.4 Å². The van der Waals surface area contributed by atoms with E-state index in [1.165, 1.54) is 17.4 Å². The van der Waals surface area contributed by atoms with Gasteiger partial charge >= 0.3 is 0 Å². The normalized spacial score (nSPS) is 17.2. The molecular formula is C24H29N3O. The molecule has 4 nitrogen and oxygen atoms in total. The van der Waals surface area contributed by atoms with Crippen molar-refractivity contribution in [3.8, 4) is 11.4 Å². The van der Waals surface area contributed by atoms with Crippen LogP contribution in [0, 0.1) is 0 Å². The number of aryl methyl sites for hydroxylation is 1. The Labute approximate surface area is 167 Å². The van der Waals surface area contributed by atoms with Crippen molar-refractivity contribution in [2.24, 2.45) is 0 Å². The summed E-state index contributed by atoms with van der Waals surface area (Å²) in [4.78, 5) is 23.0. The van der Waals surface area contributed by atoms with Gasteiger partial charge in [0.2, 0.25) is 5.91 Å². The predicted octanol–water partition coefficient (Wildman–Crippen LogP) is 5.34. The van der Waals surface area contributed by atoms with Crippen molar-refractivity contribution >= 4 is 16.8 Å². The van der Waals surface area contributed by atoms with Crippen molar-refractivity contribution in [3.05, 3.63) is 54.2 Å². The van der Waals surface area contributed by atoms with E-state index in [1.807, 2.05) is 24.4 Å². The molecule has 2 aromatic heterocycles. The SMILES string of the molecule is CCC1CCCCN1C(=O)CCCc1c(-c2ccccn2)[nH]c2ccccc12. The van der Waals surface area contributed by atoms with Crippen molar-refractivity contribution in [2.75, 3.05) is 6.54 Å². The van der Waals surface area contributed by atoms with Crippen LogP contribution >= 0.6 is 0 Å². The zero-order chi connectivity index (χ0) is 19.3. The van der Waals surface area contributed by atoms with Crippen LogP contribution in [-0.4, -0.2) is 33.4 Å². The first kappa shape index (κ1) is 18.7. The van der Waals surface area contributed by atoms with Crippen LogP contribution < -0.4 is 0 Å². The van der Waals surface area contributed by atoms with Crippen molar-refractivity contribution < 1.29 is 4.79 Å². The van der Waals surface area contributed by atoms with E-state index in [0.717, 1.165) is 55.6 Å². The number of nitrogens with one attached hydrogen (secondary N) is 1. The number of H-pyrrole nitrogens is 1. The molecule has 3 heterocycles. The van der Waals surface area contributed by atoms with E-state index in [1.54, 1.807) is 0 Å². The number of fused-ring (bicyclic) bond motifs is 1. The highest BCUT2D eigenvalue weighted by molar-refractivity contribution is 5.90. The van der Waals surface area contributed by atoms with E-state index in [9.17, 15) is 4.79 Å². The van der Waals surface area contributed by atoms with Crippen molar-refractivity contribution in [2.45, 2.75) is 57.9 Å². The number of likely N-dealkylation sites (tertiary alicyclic amines) is 1. The number of aromatic amines is 1. The van der Waals surface area contributed by atoms with Crippen molar-refractivity contribution in [3.63, 3.8) is 0 Å². The Morgan fingerprint density at radius 3 is 2.86 bits per heavy atom. The number of aromatic nitrogens is 2. The standard InChI is InChI=1S/C24H29N3O/c1-2-18-10-6-8-17-27(18)23(28)15-9-12-20-19-11-3-4-13-21(19)26-24(20)22-14-5-7-16-25-22/h3-5,7,11,13-14,16,18,26H,2,6,8-10,12,15,17H2,1H3. The van der Waals surface area contributed by atoms with Gasteiger partial charge in [0, 0.05) is 36.1 Å². The third-order valence-corrected chi connectivity index (χ3v) is 5.97. The lowest BCUT2D eigenvalue weighted by Gasteiger charge is -2.35. The molecule has 1 N–H and O–H groups in total. The molecule has 1 fully saturated rings. The van der Waals surface area contributed by atoms with Crippen LogP contribution in [0.3, 0.4) is 0 Å². The second-order valence-corrected chi connectivity index (χ2v) is 7.74. The number of pyridine rings is 1. The molecule has 1 aliphatic rings. The molecule has 0 spiro atoms. The van der Waals surface area contributed by atoms with E-state index in [4.69, 9.17) is 0 Å². The average molecular weight is 376 g/mol. The number of nitrogens with zero attached hydrogens (tertiary/aromatic N) is 2.